The first-order chi connectivity index (χ1) is 11.0. The average Bonchev–Trinajstić information content (AvgIpc) is 3.01. The van der Waals surface area contributed by atoms with Crippen molar-refractivity contribution in [1.29, 1.82) is 0 Å². The van der Waals surface area contributed by atoms with Gasteiger partial charge in [0.1, 0.15) is 5.82 Å². The van der Waals surface area contributed by atoms with Crippen molar-refractivity contribution in [2.24, 2.45) is 0 Å². The van der Waals surface area contributed by atoms with E-state index < -0.39 is 12.1 Å². The molecule has 0 saturated heterocycles. The number of hydrogen-bond acceptors (Lipinski definition) is 3. The summed E-state index contributed by atoms with van der Waals surface area (Å²) in [5.74, 6) is -0.690. The standard InChI is InChI=1S/C17H24FN3O2/c1-12(21(2)11-13-7-3-6-10-15(13)18)16(22)20-17(23)19-14-8-4-5-9-14/h3,6-7,10,12,14H,4-5,8-9,11H2,1-2H3,(H2,19,20,22,23). The van der Waals surface area contributed by atoms with Crippen LogP contribution in [0.5, 0.6) is 0 Å². The van der Waals surface area contributed by atoms with Gasteiger partial charge in [-0.1, -0.05) is 31.0 Å². The second-order valence-corrected chi connectivity index (χ2v) is 6.13. The van der Waals surface area contributed by atoms with Gasteiger partial charge in [-0.2, -0.15) is 0 Å². The summed E-state index contributed by atoms with van der Waals surface area (Å²) in [5.41, 5.74) is 0.519. The molecule has 23 heavy (non-hydrogen) atoms. The van der Waals surface area contributed by atoms with Gasteiger partial charge in [-0.25, -0.2) is 9.18 Å². The zero-order chi connectivity index (χ0) is 16.8. The van der Waals surface area contributed by atoms with Crippen LogP contribution in [0.3, 0.4) is 0 Å². The predicted octanol–water partition coefficient (Wildman–Crippen LogP) is 2.41. The first kappa shape index (κ1) is 17.4. The summed E-state index contributed by atoms with van der Waals surface area (Å²) in [6.07, 6.45) is 4.15. The van der Waals surface area contributed by atoms with Crippen LogP contribution in [0.4, 0.5) is 9.18 Å². The largest absolute Gasteiger partial charge is 0.335 e. The predicted molar refractivity (Wildman–Crippen MR) is 86.3 cm³/mol. The molecule has 2 N–H and O–H groups in total. The van der Waals surface area contributed by atoms with Crippen LogP contribution in [0.1, 0.15) is 38.2 Å². The van der Waals surface area contributed by atoms with Crippen molar-refractivity contribution in [1.82, 2.24) is 15.5 Å². The molecule has 0 spiro atoms. The molecular formula is C17H24FN3O2. The Balaban J connectivity index is 1.83. The number of halogens is 1. The van der Waals surface area contributed by atoms with Crippen molar-refractivity contribution in [2.45, 2.75) is 51.2 Å². The van der Waals surface area contributed by atoms with Gasteiger partial charge in [-0.15, -0.1) is 0 Å². The van der Waals surface area contributed by atoms with Crippen molar-refractivity contribution in [2.75, 3.05) is 7.05 Å². The third-order valence-electron chi connectivity index (χ3n) is 4.35. The molecule has 0 aliphatic heterocycles. The Hall–Kier alpha value is -1.95. The van der Waals surface area contributed by atoms with E-state index in [9.17, 15) is 14.0 Å². The molecule has 126 valence electrons. The highest BCUT2D eigenvalue weighted by atomic mass is 19.1. The Kier molecular flexibility index (Phi) is 6.10. The van der Waals surface area contributed by atoms with E-state index in [0.29, 0.717) is 12.1 Å². The summed E-state index contributed by atoms with van der Waals surface area (Å²) < 4.78 is 13.7. The van der Waals surface area contributed by atoms with Crippen LogP contribution < -0.4 is 10.6 Å². The maximum atomic E-state index is 13.7. The first-order valence-corrected chi connectivity index (χ1v) is 8.02. The molecule has 1 aliphatic carbocycles. The minimum atomic E-state index is -0.538. The Morgan fingerprint density at radius 2 is 1.96 bits per heavy atom. The van der Waals surface area contributed by atoms with E-state index >= 15 is 0 Å². The van der Waals surface area contributed by atoms with Gasteiger partial charge < -0.3 is 5.32 Å². The average molecular weight is 321 g/mol. The maximum Gasteiger partial charge on any atom is 0.321 e. The number of urea groups is 1. The van der Waals surface area contributed by atoms with E-state index in [4.69, 9.17) is 0 Å². The second-order valence-electron chi connectivity index (χ2n) is 6.13. The van der Waals surface area contributed by atoms with Crippen molar-refractivity contribution < 1.29 is 14.0 Å². The molecule has 1 unspecified atom stereocenters. The van der Waals surface area contributed by atoms with Gasteiger partial charge in [0.15, 0.2) is 0 Å². The molecular weight excluding hydrogens is 297 g/mol. The molecule has 6 heteroatoms. The first-order valence-electron chi connectivity index (χ1n) is 8.02. The number of likely N-dealkylation sites (N-methyl/N-ethyl adjacent to an activating group) is 1. The fourth-order valence-corrected chi connectivity index (χ4v) is 2.74. The van der Waals surface area contributed by atoms with Crippen LogP contribution in [0, 0.1) is 5.82 Å². The molecule has 3 amide bonds. The molecule has 1 aromatic carbocycles. The molecule has 0 heterocycles. The van der Waals surface area contributed by atoms with Crippen LogP contribution in [0.15, 0.2) is 24.3 Å². The Morgan fingerprint density at radius 1 is 1.30 bits per heavy atom. The van der Waals surface area contributed by atoms with Crippen molar-refractivity contribution in [3.05, 3.63) is 35.6 Å². The van der Waals surface area contributed by atoms with E-state index in [1.54, 1.807) is 37.1 Å². The molecule has 2 rings (SSSR count). The summed E-state index contributed by atoms with van der Waals surface area (Å²) in [4.78, 5) is 25.7. The lowest BCUT2D eigenvalue weighted by Crippen LogP contribution is -2.50. The second kappa shape index (κ2) is 8.06. The zero-order valence-electron chi connectivity index (χ0n) is 13.6. The highest BCUT2D eigenvalue weighted by Gasteiger charge is 2.23. The highest BCUT2D eigenvalue weighted by molar-refractivity contribution is 5.96. The Bertz CT molecular complexity index is 559. The summed E-state index contributed by atoms with van der Waals surface area (Å²) in [6.45, 7) is 1.99. The maximum absolute atomic E-state index is 13.7. The number of imide groups is 1. The summed E-state index contributed by atoms with van der Waals surface area (Å²) in [5, 5.41) is 5.18. The number of amides is 3. The van der Waals surface area contributed by atoms with Gasteiger partial charge in [-0.05, 0) is 32.9 Å². The number of rotatable bonds is 5. The van der Waals surface area contributed by atoms with Gasteiger partial charge in [0.2, 0.25) is 5.91 Å². The Labute approximate surface area is 136 Å². The van der Waals surface area contributed by atoms with E-state index in [-0.39, 0.29) is 17.8 Å². The minimum Gasteiger partial charge on any atom is -0.335 e. The van der Waals surface area contributed by atoms with Crippen molar-refractivity contribution in [3.8, 4) is 0 Å². The third kappa shape index (κ3) is 5.03. The van der Waals surface area contributed by atoms with Crippen LogP contribution in [0.25, 0.3) is 0 Å². The quantitative estimate of drug-likeness (QED) is 0.875. The van der Waals surface area contributed by atoms with E-state index in [1.807, 2.05) is 0 Å². The fourth-order valence-electron chi connectivity index (χ4n) is 2.74. The SMILES string of the molecule is CC(C(=O)NC(=O)NC1CCCC1)N(C)Cc1ccccc1F. The van der Waals surface area contributed by atoms with Gasteiger partial charge >= 0.3 is 6.03 Å². The number of carbonyl (C=O) groups is 2. The van der Waals surface area contributed by atoms with Crippen LogP contribution in [0.2, 0.25) is 0 Å². The van der Waals surface area contributed by atoms with Gasteiger partial charge in [-0.3, -0.25) is 15.0 Å². The van der Waals surface area contributed by atoms with Crippen LogP contribution in [-0.4, -0.2) is 36.0 Å². The third-order valence-corrected chi connectivity index (χ3v) is 4.35. The van der Waals surface area contributed by atoms with Gasteiger partial charge in [0.05, 0.1) is 6.04 Å². The molecule has 1 aliphatic rings. The summed E-state index contributed by atoms with van der Waals surface area (Å²) in [6, 6.07) is 5.63. The van der Waals surface area contributed by atoms with Crippen LogP contribution >= 0.6 is 0 Å². The van der Waals surface area contributed by atoms with E-state index in [1.165, 1.54) is 6.07 Å². The lowest BCUT2D eigenvalue weighted by Gasteiger charge is -2.24. The summed E-state index contributed by atoms with van der Waals surface area (Å²) >= 11 is 0. The smallest absolute Gasteiger partial charge is 0.321 e. The minimum absolute atomic E-state index is 0.161. The highest BCUT2D eigenvalue weighted by Crippen LogP contribution is 2.17. The number of nitrogens with zero attached hydrogens (tertiary/aromatic N) is 1. The Morgan fingerprint density at radius 3 is 2.61 bits per heavy atom. The molecule has 0 radical (unpaired) electrons. The number of carbonyl (C=O) groups excluding carboxylic acids is 2. The van der Waals surface area contributed by atoms with Crippen molar-refractivity contribution in [3.63, 3.8) is 0 Å². The molecule has 1 atom stereocenters. The fraction of sp³-hybridized carbons (Fsp3) is 0.529. The number of nitrogens with one attached hydrogen (secondary N) is 2. The topological polar surface area (TPSA) is 61.4 Å². The van der Waals surface area contributed by atoms with Gasteiger partial charge in [0, 0.05) is 18.2 Å². The van der Waals surface area contributed by atoms with Crippen molar-refractivity contribution >= 4 is 11.9 Å². The molecule has 1 fully saturated rings. The lowest BCUT2D eigenvalue weighted by atomic mass is 10.1. The van der Waals surface area contributed by atoms with E-state index in [0.717, 1.165) is 25.7 Å². The summed E-state index contributed by atoms with van der Waals surface area (Å²) in [7, 11) is 1.73. The molecule has 0 bridgehead atoms. The number of hydrogen-bond donors (Lipinski definition) is 2. The molecule has 5 nitrogen and oxygen atoms in total. The molecule has 1 aromatic rings. The van der Waals surface area contributed by atoms with Gasteiger partial charge in [0.25, 0.3) is 0 Å². The molecule has 1 saturated carbocycles. The number of benzene rings is 1. The van der Waals surface area contributed by atoms with Crippen LogP contribution in [-0.2, 0) is 11.3 Å². The lowest BCUT2D eigenvalue weighted by molar-refractivity contribution is -0.124. The zero-order valence-corrected chi connectivity index (χ0v) is 13.6. The monoisotopic (exact) mass is 321 g/mol. The van der Waals surface area contributed by atoms with E-state index in [2.05, 4.69) is 10.6 Å². The molecule has 0 aromatic heterocycles. The normalized spacial score (nSPS) is 16.3.